The summed E-state index contributed by atoms with van der Waals surface area (Å²) in [7, 11) is -3.45. The zero-order valence-electron chi connectivity index (χ0n) is 11.3. The molecule has 1 atom stereocenters. The first kappa shape index (κ1) is 14.2. The highest BCUT2D eigenvalue weighted by atomic mass is 32.2. The van der Waals surface area contributed by atoms with Crippen LogP contribution in [0.3, 0.4) is 0 Å². The van der Waals surface area contributed by atoms with E-state index in [4.69, 9.17) is 4.42 Å². The maximum Gasteiger partial charge on any atom is 0.250 e. The third-order valence-corrected chi connectivity index (χ3v) is 5.89. The van der Waals surface area contributed by atoms with Gasteiger partial charge in [0.2, 0.25) is 10.0 Å². The number of fused-ring (bicyclic) bond motifs is 1. The number of oxazole rings is 1. The Kier molecular flexibility index (Phi) is 3.79. The lowest BCUT2D eigenvalue weighted by molar-refractivity contribution is 0.480. The first-order valence-electron chi connectivity index (χ1n) is 6.45. The number of benzene rings is 1. The van der Waals surface area contributed by atoms with Gasteiger partial charge in [0, 0.05) is 12.5 Å². The maximum atomic E-state index is 12.0. The Morgan fingerprint density at radius 1 is 1.29 bits per heavy atom. The average molecular weight is 322 g/mol. The topological polar surface area (TPSA) is 72.2 Å². The van der Waals surface area contributed by atoms with E-state index in [1.54, 1.807) is 17.5 Å². The molecule has 0 saturated carbocycles. The Labute approximate surface area is 126 Å². The summed E-state index contributed by atoms with van der Waals surface area (Å²) in [4.78, 5) is 4.38. The van der Waals surface area contributed by atoms with E-state index in [2.05, 4.69) is 9.71 Å². The molecule has 0 radical (unpaired) electrons. The van der Waals surface area contributed by atoms with Crippen LogP contribution < -0.4 is 4.72 Å². The van der Waals surface area contributed by atoms with Crippen LogP contribution in [0.25, 0.3) is 11.1 Å². The van der Waals surface area contributed by atoms with E-state index < -0.39 is 10.0 Å². The number of hydrogen-bond acceptors (Lipinski definition) is 5. The highest BCUT2D eigenvalue weighted by Crippen LogP contribution is 2.21. The summed E-state index contributed by atoms with van der Waals surface area (Å²) in [6.45, 7) is 2.12. The summed E-state index contributed by atoms with van der Waals surface area (Å²) in [5, 5.41) is 1.73. The molecule has 110 valence electrons. The molecule has 7 heteroatoms. The molecule has 2 heterocycles. The van der Waals surface area contributed by atoms with Gasteiger partial charge in [0.15, 0.2) is 11.5 Å². The number of thiophene rings is 1. The fraction of sp³-hybridized carbons (Fsp3) is 0.214. The standard InChI is InChI=1S/C14H14N2O3S2/c1-10(9-15-21(17,18)13-7-4-8-20-13)14-16-11-5-2-3-6-12(11)19-14/h2-8,10,15H,9H2,1H3/t10-/m1/s1. The molecule has 2 aromatic heterocycles. The second kappa shape index (κ2) is 5.59. The summed E-state index contributed by atoms with van der Waals surface area (Å²) < 4.78 is 32.6. The first-order valence-corrected chi connectivity index (χ1v) is 8.81. The molecule has 0 bridgehead atoms. The fourth-order valence-corrected chi connectivity index (χ4v) is 4.08. The average Bonchev–Trinajstić information content (AvgIpc) is 3.13. The largest absolute Gasteiger partial charge is 0.440 e. The molecule has 0 amide bonds. The van der Waals surface area contributed by atoms with Crippen LogP contribution in [0.2, 0.25) is 0 Å². The van der Waals surface area contributed by atoms with Crippen LogP contribution in [0.15, 0.2) is 50.4 Å². The molecule has 21 heavy (non-hydrogen) atoms. The Hall–Kier alpha value is -1.70. The molecule has 0 aliphatic rings. The fourth-order valence-electron chi connectivity index (χ4n) is 1.91. The maximum absolute atomic E-state index is 12.0. The van der Waals surface area contributed by atoms with E-state index in [0.717, 1.165) is 5.52 Å². The lowest BCUT2D eigenvalue weighted by Gasteiger charge is -2.08. The van der Waals surface area contributed by atoms with Gasteiger partial charge >= 0.3 is 0 Å². The molecule has 0 fully saturated rings. The molecule has 0 unspecified atom stereocenters. The molecule has 0 spiro atoms. The number of nitrogens with zero attached hydrogens (tertiary/aromatic N) is 1. The highest BCUT2D eigenvalue weighted by molar-refractivity contribution is 7.91. The van der Waals surface area contributed by atoms with Crippen molar-refractivity contribution in [3.8, 4) is 0 Å². The van der Waals surface area contributed by atoms with Crippen LogP contribution in [-0.2, 0) is 10.0 Å². The van der Waals surface area contributed by atoms with Crippen LogP contribution in [0, 0.1) is 0 Å². The van der Waals surface area contributed by atoms with Crippen molar-refractivity contribution in [3.63, 3.8) is 0 Å². The van der Waals surface area contributed by atoms with Crippen LogP contribution in [0.4, 0.5) is 0 Å². The second-order valence-electron chi connectivity index (χ2n) is 4.70. The third-order valence-electron chi connectivity index (χ3n) is 3.07. The first-order chi connectivity index (χ1) is 10.1. The molecule has 5 nitrogen and oxygen atoms in total. The van der Waals surface area contributed by atoms with Gasteiger partial charge in [0.25, 0.3) is 0 Å². The van der Waals surface area contributed by atoms with Crippen molar-refractivity contribution in [1.29, 1.82) is 0 Å². The van der Waals surface area contributed by atoms with Gasteiger partial charge in [0.1, 0.15) is 9.73 Å². The van der Waals surface area contributed by atoms with E-state index >= 15 is 0 Å². The molecule has 0 aliphatic carbocycles. The van der Waals surface area contributed by atoms with Gasteiger partial charge in [-0.25, -0.2) is 18.1 Å². The van der Waals surface area contributed by atoms with Gasteiger partial charge in [-0.05, 0) is 23.6 Å². The number of rotatable bonds is 5. The molecule has 3 aromatic rings. The van der Waals surface area contributed by atoms with E-state index in [-0.39, 0.29) is 12.5 Å². The smallest absolute Gasteiger partial charge is 0.250 e. The van der Waals surface area contributed by atoms with Gasteiger partial charge in [-0.1, -0.05) is 25.1 Å². The Bertz CT molecular complexity index is 805. The number of nitrogens with one attached hydrogen (secondary N) is 1. The van der Waals surface area contributed by atoms with Gasteiger partial charge in [-0.2, -0.15) is 0 Å². The molecular formula is C14H14N2O3S2. The van der Waals surface area contributed by atoms with Gasteiger partial charge < -0.3 is 4.42 Å². The van der Waals surface area contributed by atoms with Crippen molar-refractivity contribution >= 4 is 32.5 Å². The van der Waals surface area contributed by atoms with Crippen molar-refractivity contribution in [1.82, 2.24) is 9.71 Å². The SMILES string of the molecule is C[C@H](CNS(=O)(=O)c1cccs1)c1nc2ccccc2o1. The number of para-hydroxylation sites is 2. The third kappa shape index (κ3) is 2.99. The summed E-state index contributed by atoms with van der Waals surface area (Å²) >= 11 is 1.19. The molecule has 1 N–H and O–H groups in total. The minimum absolute atomic E-state index is 0.146. The van der Waals surface area contributed by atoms with Crippen LogP contribution in [0.5, 0.6) is 0 Å². The number of sulfonamides is 1. The summed E-state index contributed by atoms with van der Waals surface area (Å²) in [5.74, 6) is 0.386. The lowest BCUT2D eigenvalue weighted by atomic mass is 10.2. The van der Waals surface area contributed by atoms with E-state index in [1.807, 2.05) is 31.2 Å². The molecule has 3 rings (SSSR count). The van der Waals surface area contributed by atoms with Crippen molar-refractivity contribution < 1.29 is 12.8 Å². The number of hydrogen-bond donors (Lipinski definition) is 1. The Morgan fingerprint density at radius 3 is 2.81 bits per heavy atom. The van der Waals surface area contributed by atoms with E-state index in [9.17, 15) is 8.42 Å². The van der Waals surface area contributed by atoms with Crippen molar-refractivity contribution in [3.05, 3.63) is 47.7 Å². The van der Waals surface area contributed by atoms with Crippen molar-refractivity contribution in [2.24, 2.45) is 0 Å². The minimum Gasteiger partial charge on any atom is -0.440 e. The zero-order chi connectivity index (χ0) is 14.9. The quantitative estimate of drug-likeness (QED) is 0.784. The normalized spacial score (nSPS) is 13.6. The molecular weight excluding hydrogens is 308 g/mol. The monoisotopic (exact) mass is 322 g/mol. The summed E-state index contributed by atoms with van der Waals surface area (Å²) in [5.41, 5.74) is 1.49. The number of aromatic nitrogens is 1. The second-order valence-corrected chi connectivity index (χ2v) is 7.65. The van der Waals surface area contributed by atoms with Crippen LogP contribution in [-0.4, -0.2) is 19.9 Å². The van der Waals surface area contributed by atoms with Gasteiger partial charge in [0.05, 0.1) is 0 Å². The molecule has 0 saturated heterocycles. The Morgan fingerprint density at radius 2 is 2.10 bits per heavy atom. The summed E-state index contributed by atoms with van der Waals surface area (Å²) in [6.07, 6.45) is 0. The van der Waals surface area contributed by atoms with E-state index in [1.165, 1.54) is 11.3 Å². The molecule has 0 aliphatic heterocycles. The van der Waals surface area contributed by atoms with Crippen molar-refractivity contribution in [2.45, 2.75) is 17.1 Å². The summed E-state index contributed by atoms with van der Waals surface area (Å²) in [6, 6.07) is 10.8. The van der Waals surface area contributed by atoms with Gasteiger partial charge in [-0.15, -0.1) is 11.3 Å². The van der Waals surface area contributed by atoms with Gasteiger partial charge in [-0.3, -0.25) is 0 Å². The molecule has 1 aromatic carbocycles. The predicted molar refractivity (Wildman–Crippen MR) is 81.9 cm³/mol. The predicted octanol–water partition coefficient (Wildman–Crippen LogP) is 2.97. The zero-order valence-corrected chi connectivity index (χ0v) is 12.9. The lowest BCUT2D eigenvalue weighted by Crippen LogP contribution is -2.27. The van der Waals surface area contributed by atoms with Crippen LogP contribution in [0.1, 0.15) is 18.7 Å². The minimum atomic E-state index is -3.45. The van der Waals surface area contributed by atoms with E-state index in [0.29, 0.717) is 15.7 Å². The van der Waals surface area contributed by atoms with Crippen LogP contribution >= 0.6 is 11.3 Å². The van der Waals surface area contributed by atoms with Crippen molar-refractivity contribution in [2.75, 3.05) is 6.54 Å². The Balaban J connectivity index is 1.73. The highest BCUT2D eigenvalue weighted by Gasteiger charge is 2.19.